The Hall–Kier alpha value is -1.75. The number of nitrogens with one attached hydrogen (secondary N) is 1. The first-order valence-corrected chi connectivity index (χ1v) is 8.26. The summed E-state index contributed by atoms with van der Waals surface area (Å²) in [4.78, 5) is 26.2. The van der Waals surface area contributed by atoms with Gasteiger partial charge in [0.1, 0.15) is 6.04 Å². The maximum atomic E-state index is 12.5. The van der Waals surface area contributed by atoms with E-state index >= 15 is 0 Å². The van der Waals surface area contributed by atoms with Crippen LogP contribution in [0.5, 0.6) is 0 Å². The lowest BCUT2D eigenvalue weighted by atomic mass is 10.1. The molecule has 1 aliphatic rings. The number of benzene rings is 1. The van der Waals surface area contributed by atoms with Gasteiger partial charge in [-0.2, -0.15) is 0 Å². The van der Waals surface area contributed by atoms with E-state index in [0.717, 1.165) is 12.0 Å². The maximum absolute atomic E-state index is 12.5. The predicted molar refractivity (Wildman–Crippen MR) is 90.7 cm³/mol. The number of hydrogen-bond donors (Lipinski definition) is 1. The molecule has 1 saturated heterocycles. The molecule has 23 heavy (non-hydrogen) atoms. The average Bonchev–Trinajstić information content (AvgIpc) is 2.97. The average molecular weight is 339 g/mol. The fraction of sp³-hybridized carbons (Fsp3) is 0.529. The molecule has 0 saturated carbocycles. The molecule has 5 nitrogen and oxygen atoms in total. The highest BCUT2D eigenvalue weighted by Gasteiger charge is 2.35. The van der Waals surface area contributed by atoms with Crippen molar-refractivity contribution >= 4 is 29.3 Å². The molecule has 1 heterocycles. The molecule has 0 radical (unpaired) electrons. The number of rotatable bonds is 4. The molecule has 1 N–H and O–H groups in total. The standard InChI is InChI=1S/C17H23ClN2O3/c1-11(2)10-23-17(22)20-8-4-5-15(20)16(21)19-14-7-6-13(18)9-12(14)3/h6-7,9,11,15H,4-5,8,10H2,1-3H3,(H,19,21)/t15-/m0/s1. The molecule has 0 bridgehead atoms. The molecule has 1 aromatic rings. The number of nitrogens with zero attached hydrogens (tertiary/aromatic N) is 1. The first-order valence-electron chi connectivity index (χ1n) is 7.89. The van der Waals surface area contributed by atoms with Gasteiger partial charge in [0, 0.05) is 17.3 Å². The van der Waals surface area contributed by atoms with Crippen LogP contribution < -0.4 is 5.32 Å². The third kappa shape index (κ3) is 4.61. The van der Waals surface area contributed by atoms with Gasteiger partial charge in [-0.15, -0.1) is 0 Å². The van der Waals surface area contributed by atoms with E-state index in [2.05, 4.69) is 5.32 Å². The summed E-state index contributed by atoms with van der Waals surface area (Å²) in [6.07, 6.45) is 1.04. The Bertz CT molecular complexity index is 589. The second kappa shape index (κ2) is 7.68. The second-order valence-corrected chi connectivity index (χ2v) is 6.71. The van der Waals surface area contributed by atoms with Crippen LogP contribution in [-0.4, -0.2) is 36.1 Å². The molecule has 0 spiro atoms. The lowest BCUT2D eigenvalue weighted by Gasteiger charge is -2.24. The van der Waals surface area contributed by atoms with E-state index in [-0.39, 0.29) is 11.8 Å². The van der Waals surface area contributed by atoms with Crippen molar-refractivity contribution in [3.05, 3.63) is 28.8 Å². The van der Waals surface area contributed by atoms with Crippen LogP contribution >= 0.6 is 11.6 Å². The van der Waals surface area contributed by atoms with E-state index in [1.54, 1.807) is 18.2 Å². The highest BCUT2D eigenvalue weighted by molar-refractivity contribution is 6.30. The lowest BCUT2D eigenvalue weighted by molar-refractivity contribution is -0.120. The van der Waals surface area contributed by atoms with Crippen LogP contribution in [0.15, 0.2) is 18.2 Å². The van der Waals surface area contributed by atoms with Gasteiger partial charge >= 0.3 is 6.09 Å². The molecule has 0 unspecified atom stereocenters. The van der Waals surface area contributed by atoms with E-state index in [4.69, 9.17) is 16.3 Å². The van der Waals surface area contributed by atoms with Crippen molar-refractivity contribution in [2.24, 2.45) is 5.92 Å². The van der Waals surface area contributed by atoms with Crippen molar-refractivity contribution in [1.29, 1.82) is 0 Å². The molecule has 126 valence electrons. The van der Waals surface area contributed by atoms with E-state index in [9.17, 15) is 9.59 Å². The largest absolute Gasteiger partial charge is 0.449 e. The molecular formula is C17H23ClN2O3. The minimum Gasteiger partial charge on any atom is -0.449 e. The number of aryl methyl sites for hydroxylation is 1. The number of carbonyl (C=O) groups excluding carboxylic acids is 2. The van der Waals surface area contributed by atoms with Crippen molar-refractivity contribution in [2.45, 2.75) is 39.7 Å². The summed E-state index contributed by atoms with van der Waals surface area (Å²) in [7, 11) is 0. The fourth-order valence-corrected chi connectivity index (χ4v) is 2.79. The number of anilines is 1. The van der Waals surface area contributed by atoms with E-state index < -0.39 is 12.1 Å². The molecule has 1 aromatic carbocycles. The van der Waals surface area contributed by atoms with Gasteiger partial charge in [0.2, 0.25) is 5.91 Å². The predicted octanol–water partition coefficient (Wildman–Crippen LogP) is 3.84. The van der Waals surface area contributed by atoms with Gasteiger partial charge in [-0.1, -0.05) is 25.4 Å². The normalized spacial score (nSPS) is 17.4. The molecular weight excluding hydrogens is 316 g/mol. The number of likely N-dealkylation sites (tertiary alicyclic amines) is 1. The van der Waals surface area contributed by atoms with Crippen LogP contribution in [0.3, 0.4) is 0 Å². The third-order valence-corrected chi connectivity index (χ3v) is 4.01. The monoisotopic (exact) mass is 338 g/mol. The first-order chi connectivity index (χ1) is 10.9. The van der Waals surface area contributed by atoms with Crippen LogP contribution in [0.2, 0.25) is 5.02 Å². The third-order valence-electron chi connectivity index (χ3n) is 3.78. The van der Waals surface area contributed by atoms with Crippen LogP contribution in [0, 0.1) is 12.8 Å². The van der Waals surface area contributed by atoms with Crippen LogP contribution in [0.1, 0.15) is 32.3 Å². The summed E-state index contributed by atoms with van der Waals surface area (Å²) < 4.78 is 5.25. The molecule has 0 aliphatic carbocycles. The SMILES string of the molecule is Cc1cc(Cl)ccc1NC(=O)[C@@H]1CCCN1C(=O)OCC(C)C. The van der Waals surface area contributed by atoms with Gasteiger partial charge in [0.25, 0.3) is 0 Å². The Morgan fingerprint density at radius 2 is 2.17 bits per heavy atom. The van der Waals surface area contributed by atoms with E-state index in [1.165, 1.54) is 4.90 Å². The molecule has 1 fully saturated rings. The highest BCUT2D eigenvalue weighted by Crippen LogP contribution is 2.23. The number of ether oxygens (including phenoxy) is 1. The zero-order valence-electron chi connectivity index (χ0n) is 13.8. The smallest absolute Gasteiger partial charge is 0.410 e. The Kier molecular flexibility index (Phi) is 5.88. The van der Waals surface area contributed by atoms with Gasteiger partial charge in [-0.25, -0.2) is 4.79 Å². The minimum atomic E-state index is -0.482. The zero-order valence-corrected chi connectivity index (χ0v) is 14.5. The summed E-state index contributed by atoms with van der Waals surface area (Å²) in [5.41, 5.74) is 1.60. The molecule has 6 heteroatoms. The Morgan fingerprint density at radius 1 is 1.43 bits per heavy atom. The molecule has 0 aromatic heterocycles. The topological polar surface area (TPSA) is 58.6 Å². The van der Waals surface area contributed by atoms with Crippen LogP contribution in [0.25, 0.3) is 0 Å². The van der Waals surface area contributed by atoms with Gasteiger partial charge in [0.15, 0.2) is 0 Å². The maximum Gasteiger partial charge on any atom is 0.410 e. The Labute approximate surface area is 141 Å². The first kappa shape index (κ1) is 17.6. The van der Waals surface area contributed by atoms with Crippen molar-refractivity contribution in [3.63, 3.8) is 0 Å². The van der Waals surface area contributed by atoms with Crippen molar-refractivity contribution < 1.29 is 14.3 Å². The molecule has 1 atom stereocenters. The van der Waals surface area contributed by atoms with Crippen molar-refractivity contribution in [1.82, 2.24) is 4.90 Å². The Morgan fingerprint density at radius 3 is 2.83 bits per heavy atom. The van der Waals surface area contributed by atoms with Gasteiger partial charge in [0.05, 0.1) is 6.61 Å². The molecule has 2 amide bonds. The fourth-order valence-electron chi connectivity index (χ4n) is 2.56. The zero-order chi connectivity index (χ0) is 17.0. The van der Waals surface area contributed by atoms with Gasteiger partial charge in [-0.3, -0.25) is 9.69 Å². The minimum absolute atomic E-state index is 0.186. The summed E-state index contributed by atoms with van der Waals surface area (Å²) >= 11 is 5.92. The van der Waals surface area contributed by atoms with Crippen molar-refractivity contribution in [3.8, 4) is 0 Å². The quantitative estimate of drug-likeness (QED) is 0.907. The summed E-state index contributed by atoms with van der Waals surface area (Å²) in [5.74, 6) is 0.0833. The van der Waals surface area contributed by atoms with E-state index in [1.807, 2.05) is 20.8 Å². The number of halogens is 1. The number of amides is 2. The number of carbonyl (C=O) groups is 2. The van der Waals surface area contributed by atoms with Crippen LogP contribution in [-0.2, 0) is 9.53 Å². The lowest BCUT2D eigenvalue weighted by Crippen LogP contribution is -2.43. The second-order valence-electron chi connectivity index (χ2n) is 6.27. The summed E-state index contributed by atoms with van der Waals surface area (Å²) in [5, 5.41) is 3.51. The molecule has 1 aliphatic heterocycles. The van der Waals surface area contributed by atoms with E-state index in [0.29, 0.717) is 30.3 Å². The highest BCUT2D eigenvalue weighted by atomic mass is 35.5. The van der Waals surface area contributed by atoms with Gasteiger partial charge in [-0.05, 0) is 49.4 Å². The van der Waals surface area contributed by atoms with Gasteiger partial charge < -0.3 is 10.1 Å². The van der Waals surface area contributed by atoms with Crippen molar-refractivity contribution in [2.75, 3.05) is 18.5 Å². The summed E-state index contributed by atoms with van der Waals surface area (Å²) in [6.45, 7) is 6.74. The Balaban J connectivity index is 2.01. The number of hydrogen-bond acceptors (Lipinski definition) is 3. The molecule has 2 rings (SSSR count). The van der Waals surface area contributed by atoms with Crippen LogP contribution in [0.4, 0.5) is 10.5 Å². The summed E-state index contributed by atoms with van der Waals surface area (Å²) in [6, 6.07) is 4.81.